The minimum atomic E-state index is -0.873. The zero-order chi connectivity index (χ0) is 28.0. The van der Waals surface area contributed by atoms with Gasteiger partial charge in [-0.1, -0.05) is 54.6 Å². The molecule has 9 nitrogen and oxygen atoms in total. The van der Waals surface area contributed by atoms with E-state index >= 15 is 0 Å². The van der Waals surface area contributed by atoms with Crippen LogP contribution in [0.3, 0.4) is 0 Å². The molecule has 2 amide bonds. The molecule has 0 bridgehead atoms. The highest BCUT2D eigenvalue weighted by atomic mass is 79.9. The highest BCUT2D eigenvalue weighted by Crippen LogP contribution is 2.23. The second kappa shape index (κ2) is 12.4. The molecule has 39 heavy (non-hydrogen) atoms. The Morgan fingerprint density at radius 3 is 2.26 bits per heavy atom. The first-order valence-electron chi connectivity index (χ1n) is 12.6. The summed E-state index contributed by atoms with van der Waals surface area (Å²) in [5.74, 6) is -0.423. The van der Waals surface area contributed by atoms with E-state index < -0.39 is 17.7 Å². The lowest BCUT2D eigenvalue weighted by molar-refractivity contribution is -0.168. The minimum Gasteiger partial charge on any atom is -0.460 e. The number of carbonyl (C=O) groups is 3. The number of ether oxygens (including phenoxy) is 2. The van der Waals surface area contributed by atoms with Crippen molar-refractivity contribution in [2.45, 2.75) is 45.4 Å². The van der Waals surface area contributed by atoms with E-state index in [0.717, 1.165) is 21.2 Å². The first kappa shape index (κ1) is 28.2. The van der Waals surface area contributed by atoms with Gasteiger partial charge in [-0.2, -0.15) is 0 Å². The molecule has 1 aliphatic rings. The summed E-state index contributed by atoms with van der Waals surface area (Å²) < 4.78 is 11.6. The van der Waals surface area contributed by atoms with E-state index in [0.29, 0.717) is 5.82 Å². The molecule has 2 heterocycles. The van der Waals surface area contributed by atoms with Crippen molar-refractivity contribution >= 4 is 33.9 Å². The molecule has 204 valence electrons. The quantitative estimate of drug-likeness (QED) is 0.381. The predicted octanol–water partition coefficient (Wildman–Crippen LogP) is 4.54. The van der Waals surface area contributed by atoms with Gasteiger partial charge in [0, 0.05) is 37.5 Å². The second-order valence-corrected chi connectivity index (χ2v) is 11.3. The van der Waals surface area contributed by atoms with E-state index in [1.54, 1.807) is 17.3 Å². The average molecular weight is 595 g/mol. The van der Waals surface area contributed by atoms with Gasteiger partial charge in [0.25, 0.3) is 0 Å². The van der Waals surface area contributed by atoms with Gasteiger partial charge in [0.2, 0.25) is 5.91 Å². The van der Waals surface area contributed by atoms with Gasteiger partial charge in [-0.15, -0.1) is 0 Å². The summed E-state index contributed by atoms with van der Waals surface area (Å²) in [7, 11) is 0. The molecule has 1 atom stereocenters. The largest absolute Gasteiger partial charge is 0.460 e. The van der Waals surface area contributed by atoms with Crippen LogP contribution in [-0.4, -0.2) is 57.6 Å². The summed E-state index contributed by atoms with van der Waals surface area (Å²) in [6, 6.07) is 15.9. The maximum atomic E-state index is 13.4. The van der Waals surface area contributed by atoms with Crippen LogP contribution in [0.5, 0.6) is 0 Å². The van der Waals surface area contributed by atoms with Crippen molar-refractivity contribution < 1.29 is 23.9 Å². The highest BCUT2D eigenvalue weighted by molar-refractivity contribution is 9.10. The van der Waals surface area contributed by atoms with E-state index in [-0.39, 0.29) is 43.9 Å². The Morgan fingerprint density at radius 2 is 1.64 bits per heavy atom. The molecule has 1 aliphatic heterocycles. The van der Waals surface area contributed by atoms with E-state index in [1.807, 2.05) is 75.4 Å². The number of hydrogen-bond donors (Lipinski definition) is 1. The number of rotatable bonds is 8. The third-order valence-electron chi connectivity index (χ3n) is 6.01. The molecule has 4 rings (SSSR count). The molecule has 1 saturated heterocycles. The van der Waals surface area contributed by atoms with Crippen LogP contribution in [0.1, 0.15) is 31.9 Å². The van der Waals surface area contributed by atoms with Crippen LogP contribution in [0.25, 0.3) is 11.4 Å². The van der Waals surface area contributed by atoms with Gasteiger partial charge < -0.3 is 19.7 Å². The van der Waals surface area contributed by atoms with Gasteiger partial charge in [0.05, 0.1) is 10.4 Å². The monoisotopic (exact) mass is 594 g/mol. The predicted molar refractivity (Wildman–Crippen MR) is 148 cm³/mol. The fourth-order valence-corrected chi connectivity index (χ4v) is 4.21. The summed E-state index contributed by atoms with van der Waals surface area (Å²) in [6.07, 6.45) is 2.90. The molecule has 1 fully saturated rings. The molecule has 2 aromatic carbocycles. The van der Waals surface area contributed by atoms with Gasteiger partial charge in [0.15, 0.2) is 5.82 Å². The number of alkyl carbamates (subject to hydrolysis) is 1. The number of amides is 2. The summed E-state index contributed by atoms with van der Waals surface area (Å²) in [5, 5.41) is 2.72. The van der Waals surface area contributed by atoms with Gasteiger partial charge in [-0.25, -0.2) is 14.8 Å². The molecule has 0 saturated carbocycles. The number of aromatic nitrogens is 2. The maximum absolute atomic E-state index is 13.4. The molecule has 1 N–H and O–H groups in total. The number of nitrogens with zero attached hydrogens (tertiary/aromatic N) is 3. The third-order valence-corrected chi connectivity index (χ3v) is 6.42. The Labute approximate surface area is 236 Å². The molecule has 10 heteroatoms. The number of halogens is 1. The van der Waals surface area contributed by atoms with Crippen molar-refractivity contribution in [3.8, 4) is 11.4 Å². The fourth-order valence-electron chi connectivity index (χ4n) is 4.01. The molecular weight excluding hydrogens is 564 g/mol. The van der Waals surface area contributed by atoms with Crippen molar-refractivity contribution in [3.63, 3.8) is 0 Å². The van der Waals surface area contributed by atoms with Gasteiger partial charge in [0.1, 0.15) is 18.2 Å². The minimum absolute atomic E-state index is 0.0832. The first-order valence-corrected chi connectivity index (χ1v) is 13.4. The van der Waals surface area contributed by atoms with Crippen molar-refractivity contribution in [3.05, 3.63) is 82.6 Å². The lowest BCUT2D eigenvalue weighted by atomic mass is 9.96. The number of esters is 1. The molecule has 0 aliphatic carbocycles. The normalized spacial score (nSPS) is 14.2. The van der Waals surface area contributed by atoms with Crippen LogP contribution in [-0.2, 0) is 32.1 Å². The SMILES string of the molecule is CC(C)(C)OC(=O)C1CN(C(=O)[C@H](Cc2ccc(-c3ncc(Br)cn3)cc2)NC(=O)OCc2ccccc2)C1. The van der Waals surface area contributed by atoms with Crippen LogP contribution in [0, 0.1) is 5.92 Å². The number of carbonyl (C=O) groups excluding carboxylic acids is 3. The Morgan fingerprint density at radius 1 is 1.00 bits per heavy atom. The lowest BCUT2D eigenvalue weighted by Gasteiger charge is -2.40. The number of benzene rings is 2. The first-order chi connectivity index (χ1) is 18.6. The zero-order valence-electron chi connectivity index (χ0n) is 22.1. The Balaban J connectivity index is 1.42. The Bertz CT molecular complexity index is 1290. The van der Waals surface area contributed by atoms with Crippen LogP contribution >= 0.6 is 15.9 Å². The Kier molecular flexibility index (Phi) is 8.96. The fraction of sp³-hybridized carbons (Fsp3) is 0.345. The summed E-state index contributed by atoms with van der Waals surface area (Å²) in [6.45, 7) is 5.99. The number of nitrogens with one attached hydrogen (secondary N) is 1. The molecule has 0 unspecified atom stereocenters. The highest BCUT2D eigenvalue weighted by Gasteiger charge is 2.40. The zero-order valence-corrected chi connectivity index (χ0v) is 23.7. The Hall–Kier alpha value is -3.79. The summed E-state index contributed by atoms with van der Waals surface area (Å²) >= 11 is 3.33. The average Bonchev–Trinajstić information content (AvgIpc) is 2.87. The van der Waals surface area contributed by atoms with Gasteiger partial charge in [-0.05, 0) is 47.8 Å². The summed E-state index contributed by atoms with van der Waals surface area (Å²) in [4.78, 5) is 48.6. The number of likely N-dealkylation sites (tertiary alicyclic amines) is 1. The second-order valence-electron chi connectivity index (χ2n) is 10.4. The standard InChI is InChI=1S/C29H31BrN4O5/c1-29(2,3)39-27(36)22-16-34(17-22)26(35)24(33-28(37)38-18-20-7-5-4-6-8-20)13-19-9-11-21(12-10-19)25-31-14-23(30)15-32-25/h4-12,14-15,22,24H,13,16-18H2,1-3H3,(H,33,37)/t24-/m0/s1. The van der Waals surface area contributed by atoms with E-state index in [4.69, 9.17) is 9.47 Å². The molecule has 1 aromatic heterocycles. The summed E-state index contributed by atoms with van der Waals surface area (Å²) in [5.41, 5.74) is 1.90. The molecular formula is C29H31BrN4O5. The lowest BCUT2D eigenvalue weighted by Crippen LogP contribution is -2.59. The van der Waals surface area contributed by atoms with Crippen molar-refractivity contribution in [1.82, 2.24) is 20.2 Å². The van der Waals surface area contributed by atoms with Crippen LogP contribution in [0.2, 0.25) is 0 Å². The molecule has 3 aromatic rings. The van der Waals surface area contributed by atoms with Gasteiger partial charge >= 0.3 is 12.1 Å². The van der Waals surface area contributed by atoms with Crippen molar-refractivity contribution in [2.24, 2.45) is 5.92 Å². The smallest absolute Gasteiger partial charge is 0.408 e. The van der Waals surface area contributed by atoms with Crippen LogP contribution in [0.4, 0.5) is 4.79 Å². The molecule has 0 radical (unpaired) electrons. The van der Waals surface area contributed by atoms with Crippen molar-refractivity contribution in [1.29, 1.82) is 0 Å². The molecule has 0 spiro atoms. The third kappa shape index (κ3) is 8.10. The van der Waals surface area contributed by atoms with Crippen molar-refractivity contribution in [2.75, 3.05) is 13.1 Å². The van der Waals surface area contributed by atoms with E-state index in [2.05, 4.69) is 31.2 Å². The van der Waals surface area contributed by atoms with Gasteiger partial charge in [-0.3, -0.25) is 9.59 Å². The van der Waals surface area contributed by atoms with E-state index in [9.17, 15) is 14.4 Å². The van der Waals surface area contributed by atoms with Crippen LogP contribution in [0.15, 0.2) is 71.5 Å². The maximum Gasteiger partial charge on any atom is 0.408 e. The number of hydrogen-bond acceptors (Lipinski definition) is 7. The van der Waals surface area contributed by atoms with Crippen LogP contribution < -0.4 is 5.32 Å². The van der Waals surface area contributed by atoms with E-state index in [1.165, 1.54) is 0 Å². The topological polar surface area (TPSA) is 111 Å².